The van der Waals surface area contributed by atoms with Crippen LogP contribution < -0.4 is 4.90 Å². The summed E-state index contributed by atoms with van der Waals surface area (Å²) in [6, 6.07) is 10.1. The quantitative estimate of drug-likeness (QED) is 0.325. The molecule has 0 saturated carbocycles. The van der Waals surface area contributed by atoms with Crippen molar-refractivity contribution in [2.45, 2.75) is 20.3 Å². The van der Waals surface area contributed by atoms with E-state index in [-0.39, 0.29) is 35.1 Å². The molecule has 2 aliphatic rings. The van der Waals surface area contributed by atoms with Gasteiger partial charge in [0, 0.05) is 15.4 Å². The molecule has 1 fully saturated rings. The largest absolute Gasteiger partial charge is 0.478 e. The Labute approximate surface area is 209 Å². The van der Waals surface area contributed by atoms with Crippen molar-refractivity contribution in [1.29, 1.82) is 0 Å². The molecule has 8 heteroatoms. The van der Waals surface area contributed by atoms with Crippen LogP contribution in [0.5, 0.6) is 0 Å². The normalized spacial score (nSPS) is 21.9. The SMILES string of the molecule is Cc1c(Cl)c(Br)cc2c(C(=O)O)cc(-c3ccc(N4C(=O)C5CC=CC(C)C5C4=O)cc3)nc12. The van der Waals surface area contributed by atoms with E-state index in [1.54, 1.807) is 37.3 Å². The van der Waals surface area contributed by atoms with Crippen LogP contribution in [0.3, 0.4) is 0 Å². The first-order valence-corrected chi connectivity index (χ1v) is 12.0. The second-order valence-electron chi connectivity index (χ2n) is 8.77. The Morgan fingerprint density at radius 1 is 1.18 bits per heavy atom. The summed E-state index contributed by atoms with van der Waals surface area (Å²) in [5, 5.41) is 10.8. The van der Waals surface area contributed by atoms with Crippen LogP contribution in [0.15, 0.2) is 53.0 Å². The van der Waals surface area contributed by atoms with Crippen LogP contribution in [-0.4, -0.2) is 27.9 Å². The first-order valence-electron chi connectivity index (χ1n) is 10.9. The number of carboxylic acids is 1. The van der Waals surface area contributed by atoms with Crippen molar-refractivity contribution < 1.29 is 19.5 Å². The van der Waals surface area contributed by atoms with Crippen LogP contribution >= 0.6 is 27.5 Å². The smallest absolute Gasteiger partial charge is 0.336 e. The highest BCUT2D eigenvalue weighted by Crippen LogP contribution is 2.41. The number of aromatic nitrogens is 1. The number of amides is 2. The highest BCUT2D eigenvalue weighted by molar-refractivity contribution is 9.10. The molecule has 2 aromatic carbocycles. The summed E-state index contributed by atoms with van der Waals surface area (Å²) in [6.07, 6.45) is 4.55. The maximum absolute atomic E-state index is 13.1. The van der Waals surface area contributed by atoms with Gasteiger partial charge in [-0.3, -0.25) is 14.5 Å². The van der Waals surface area contributed by atoms with Gasteiger partial charge in [0.1, 0.15) is 0 Å². The Bertz CT molecular complexity index is 1420. The number of allylic oxidation sites excluding steroid dienone is 2. The zero-order valence-corrected chi connectivity index (χ0v) is 20.7. The molecule has 1 aliphatic carbocycles. The van der Waals surface area contributed by atoms with E-state index in [1.165, 1.54) is 11.0 Å². The zero-order valence-electron chi connectivity index (χ0n) is 18.4. The van der Waals surface area contributed by atoms with Crippen LogP contribution in [0.25, 0.3) is 22.2 Å². The summed E-state index contributed by atoms with van der Waals surface area (Å²) < 4.78 is 0.602. The third-order valence-electron chi connectivity index (χ3n) is 6.75. The van der Waals surface area contributed by atoms with E-state index < -0.39 is 5.97 Å². The molecule has 0 bridgehead atoms. The van der Waals surface area contributed by atoms with Crippen LogP contribution in [0, 0.1) is 24.7 Å². The van der Waals surface area contributed by atoms with Gasteiger partial charge >= 0.3 is 5.97 Å². The summed E-state index contributed by atoms with van der Waals surface area (Å²) in [7, 11) is 0. The Kier molecular flexibility index (Phi) is 5.57. The molecule has 1 N–H and O–H groups in total. The van der Waals surface area contributed by atoms with Crippen molar-refractivity contribution in [2.75, 3.05) is 4.90 Å². The highest BCUT2D eigenvalue weighted by Gasteiger charge is 2.50. The van der Waals surface area contributed by atoms with Gasteiger partial charge in [0.05, 0.1) is 39.3 Å². The third-order valence-corrected chi connectivity index (χ3v) is 8.09. The summed E-state index contributed by atoms with van der Waals surface area (Å²) >= 11 is 9.74. The number of nitrogens with zero attached hydrogens (tertiary/aromatic N) is 2. The van der Waals surface area contributed by atoms with E-state index in [1.807, 2.05) is 19.1 Å². The molecule has 3 aromatic rings. The lowest BCUT2D eigenvalue weighted by atomic mass is 9.78. The number of carbonyl (C=O) groups is 3. The third kappa shape index (κ3) is 3.46. The van der Waals surface area contributed by atoms with Crippen molar-refractivity contribution in [1.82, 2.24) is 4.98 Å². The summed E-state index contributed by atoms with van der Waals surface area (Å²) in [5.41, 5.74) is 2.91. The highest BCUT2D eigenvalue weighted by atomic mass is 79.9. The number of fused-ring (bicyclic) bond motifs is 2. The number of aromatic carboxylic acids is 1. The van der Waals surface area contributed by atoms with E-state index in [4.69, 9.17) is 16.6 Å². The maximum atomic E-state index is 13.1. The van der Waals surface area contributed by atoms with Crippen molar-refractivity contribution in [2.24, 2.45) is 17.8 Å². The second-order valence-corrected chi connectivity index (χ2v) is 10.0. The average molecular weight is 540 g/mol. The number of hydrogen-bond acceptors (Lipinski definition) is 4. The van der Waals surface area contributed by atoms with Gasteiger partial charge in [-0.1, -0.05) is 42.8 Å². The summed E-state index contributed by atoms with van der Waals surface area (Å²) in [6.45, 7) is 3.75. The molecular formula is C26H20BrClN2O4. The van der Waals surface area contributed by atoms with Gasteiger partial charge in [0.15, 0.2) is 0 Å². The summed E-state index contributed by atoms with van der Waals surface area (Å²) in [4.78, 5) is 44.0. The predicted molar refractivity (Wildman–Crippen MR) is 134 cm³/mol. The van der Waals surface area contributed by atoms with Gasteiger partial charge < -0.3 is 5.11 Å². The zero-order chi connectivity index (χ0) is 24.3. The van der Waals surface area contributed by atoms with Gasteiger partial charge in [-0.15, -0.1) is 0 Å². The molecule has 2 amide bonds. The lowest BCUT2D eigenvalue weighted by Crippen LogP contribution is -2.31. The molecule has 0 spiro atoms. The van der Waals surface area contributed by atoms with Crippen molar-refractivity contribution in [3.63, 3.8) is 0 Å². The van der Waals surface area contributed by atoms with Crippen LogP contribution in [-0.2, 0) is 9.59 Å². The molecule has 3 atom stereocenters. The van der Waals surface area contributed by atoms with Crippen LogP contribution in [0.1, 0.15) is 29.3 Å². The molecular weight excluding hydrogens is 520 g/mol. The number of carboxylic acid groups (broad SMARTS) is 1. The minimum atomic E-state index is -1.07. The number of anilines is 1. The Balaban J connectivity index is 1.55. The van der Waals surface area contributed by atoms with Crippen molar-refractivity contribution in [3.8, 4) is 11.3 Å². The molecule has 2 heterocycles. The number of hydrogen-bond donors (Lipinski definition) is 1. The van der Waals surface area contributed by atoms with Gasteiger partial charge in [-0.2, -0.15) is 0 Å². The molecule has 1 saturated heterocycles. The Morgan fingerprint density at radius 2 is 1.88 bits per heavy atom. The van der Waals surface area contributed by atoms with Crippen LogP contribution in [0.2, 0.25) is 5.02 Å². The minimum absolute atomic E-state index is 0.0193. The number of rotatable bonds is 3. The first-order chi connectivity index (χ1) is 16.2. The molecule has 5 rings (SSSR count). The Morgan fingerprint density at radius 3 is 2.53 bits per heavy atom. The number of pyridine rings is 1. The number of halogens is 2. The molecule has 6 nitrogen and oxygen atoms in total. The number of benzene rings is 2. The number of aryl methyl sites for hydroxylation is 1. The second kappa shape index (κ2) is 8.32. The fourth-order valence-corrected chi connectivity index (χ4v) is 5.64. The van der Waals surface area contributed by atoms with Gasteiger partial charge in [0.2, 0.25) is 11.8 Å². The average Bonchev–Trinajstić information content (AvgIpc) is 3.08. The molecule has 3 unspecified atom stereocenters. The number of carbonyl (C=O) groups excluding carboxylic acids is 2. The topological polar surface area (TPSA) is 87.6 Å². The fourth-order valence-electron chi connectivity index (χ4n) is 4.97. The van der Waals surface area contributed by atoms with Gasteiger partial charge in [0.25, 0.3) is 0 Å². The van der Waals surface area contributed by atoms with E-state index in [2.05, 4.69) is 15.9 Å². The monoisotopic (exact) mass is 538 g/mol. The van der Waals surface area contributed by atoms with Gasteiger partial charge in [-0.25, -0.2) is 9.78 Å². The molecule has 1 aromatic heterocycles. The Hall–Kier alpha value is -3.03. The van der Waals surface area contributed by atoms with E-state index in [9.17, 15) is 19.5 Å². The summed E-state index contributed by atoms with van der Waals surface area (Å²) in [5.74, 6) is -2.05. The van der Waals surface area contributed by atoms with E-state index >= 15 is 0 Å². The standard InChI is InChI=1S/C26H20BrClN2O4/c1-12-4-3-5-16-21(12)25(32)30(24(16)31)15-8-6-14(7-9-15)20-11-18(26(33)34)17-10-19(27)22(28)13(2)23(17)29-20/h3-4,6-12,16,21H,5H2,1-2H3,(H,33,34). The molecule has 1 aliphatic heterocycles. The molecule has 34 heavy (non-hydrogen) atoms. The molecule has 172 valence electrons. The maximum Gasteiger partial charge on any atom is 0.336 e. The first kappa shape index (κ1) is 22.7. The lowest BCUT2D eigenvalue weighted by Gasteiger charge is -2.22. The van der Waals surface area contributed by atoms with Gasteiger partial charge in [-0.05, 0) is 65.0 Å². The minimum Gasteiger partial charge on any atom is -0.478 e. The lowest BCUT2D eigenvalue weighted by molar-refractivity contribution is -0.122. The molecule has 0 radical (unpaired) electrons. The predicted octanol–water partition coefficient (Wildman–Crippen LogP) is 6.03. The van der Waals surface area contributed by atoms with Crippen LogP contribution in [0.4, 0.5) is 5.69 Å². The number of imide groups is 1. The van der Waals surface area contributed by atoms with E-state index in [0.29, 0.717) is 49.3 Å². The fraction of sp³-hybridized carbons (Fsp3) is 0.231. The van der Waals surface area contributed by atoms with Crippen molar-refractivity contribution in [3.05, 3.63) is 69.2 Å². The van der Waals surface area contributed by atoms with E-state index in [0.717, 1.165) is 0 Å². The van der Waals surface area contributed by atoms with Crippen molar-refractivity contribution >= 4 is 61.9 Å².